The highest BCUT2D eigenvalue weighted by Gasteiger charge is 2.22. The van der Waals surface area contributed by atoms with Crippen LogP contribution in [0.2, 0.25) is 0 Å². The summed E-state index contributed by atoms with van der Waals surface area (Å²) in [5.74, 6) is 0.663. The number of nitro benzene ring substituents is 1. The smallest absolute Gasteiger partial charge is 0.407 e. The Morgan fingerprint density at radius 1 is 1.29 bits per heavy atom. The maximum Gasteiger partial charge on any atom is 0.407 e. The zero-order valence-electron chi connectivity index (χ0n) is 17.4. The summed E-state index contributed by atoms with van der Waals surface area (Å²) in [5, 5.41) is 14.4. The lowest BCUT2D eigenvalue weighted by molar-refractivity contribution is -0.385. The monoisotopic (exact) mass is 441 g/mol. The summed E-state index contributed by atoms with van der Waals surface area (Å²) in [4.78, 5) is 32.3. The van der Waals surface area contributed by atoms with E-state index in [1.165, 1.54) is 30.9 Å². The molecular formula is C21H23N5O4S. The zero-order chi connectivity index (χ0) is 22.4. The fraction of sp³-hybridized carbons (Fsp3) is 0.286. The van der Waals surface area contributed by atoms with Crippen molar-refractivity contribution in [3.05, 3.63) is 76.0 Å². The first kappa shape index (κ1) is 22.3. The summed E-state index contributed by atoms with van der Waals surface area (Å²) in [5.41, 5.74) is 1.66. The first-order valence-electron chi connectivity index (χ1n) is 9.65. The number of amides is 1. The predicted molar refractivity (Wildman–Crippen MR) is 116 cm³/mol. The van der Waals surface area contributed by atoms with Crippen LogP contribution in [0.5, 0.6) is 0 Å². The van der Waals surface area contributed by atoms with E-state index in [1.807, 2.05) is 42.7 Å². The number of alkyl carbamates (subject to hydrolysis) is 1. The van der Waals surface area contributed by atoms with Gasteiger partial charge < -0.3 is 14.6 Å². The molecule has 2 aromatic heterocycles. The molecule has 3 rings (SSSR count). The van der Waals surface area contributed by atoms with Gasteiger partial charge in [0.1, 0.15) is 10.9 Å². The van der Waals surface area contributed by atoms with Crippen molar-refractivity contribution in [3.63, 3.8) is 0 Å². The number of non-ortho nitro benzene ring substituents is 1. The number of aromatic nitrogens is 3. The number of rotatable bonds is 8. The second kappa shape index (κ2) is 10.1. The SMILES string of the molecule is CNC(=O)OCc1nc(C(C)C)c(Sc2cccc([N+](=O)[O-])c2)n1Cc1ccccn1. The fourth-order valence-corrected chi connectivity index (χ4v) is 4.10. The van der Waals surface area contributed by atoms with Gasteiger partial charge in [-0.05, 0) is 24.1 Å². The maximum absolute atomic E-state index is 11.6. The average Bonchev–Trinajstić information content (AvgIpc) is 3.10. The standard InChI is InChI=1S/C21H23N5O4S/c1-14(2)19-20(31-17-9-6-8-16(11-17)26(28)29)25(12-15-7-4-5-10-23-15)18(24-19)13-30-21(27)22-3/h4-11,14H,12-13H2,1-3H3,(H,22,27). The number of nitrogens with one attached hydrogen (secondary N) is 1. The molecule has 0 aliphatic heterocycles. The lowest BCUT2D eigenvalue weighted by atomic mass is 10.1. The van der Waals surface area contributed by atoms with Crippen molar-refractivity contribution in [2.75, 3.05) is 7.05 Å². The Bertz CT molecular complexity index is 1070. The highest BCUT2D eigenvalue weighted by atomic mass is 32.2. The molecule has 0 radical (unpaired) electrons. The molecule has 2 heterocycles. The van der Waals surface area contributed by atoms with Crippen LogP contribution in [0.15, 0.2) is 58.6 Å². The summed E-state index contributed by atoms with van der Waals surface area (Å²) in [6.07, 6.45) is 1.16. The second-order valence-electron chi connectivity index (χ2n) is 6.96. The molecule has 0 saturated carbocycles. The average molecular weight is 442 g/mol. The molecule has 0 atom stereocenters. The lowest BCUT2D eigenvalue weighted by Gasteiger charge is -2.13. The molecule has 3 aromatic rings. The molecule has 0 saturated heterocycles. The summed E-state index contributed by atoms with van der Waals surface area (Å²) in [6.45, 7) is 4.45. The van der Waals surface area contributed by atoms with E-state index in [9.17, 15) is 14.9 Å². The molecule has 9 nitrogen and oxygen atoms in total. The van der Waals surface area contributed by atoms with Crippen LogP contribution in [-0.4, -0.2) is 32.6 Å². The number of carbonyl (C=O) groups is 1. The van der Waals surface area contributed by atoms with Crippen molar-refractivity contribution < 1.29 is 14.5 Å². The predicted octanol–water partition coefficient (Wildman–Crippen LogP) is 4.37. The Morgan fingerprint density at radius 2 is 2.10 bits per heavy atom. The highest BCUT2D eigenvalue weighted by molar-refractivity contribution is 7.99. The van der Waals surface area contributed by atoms with E-state index in [-0.39, 0.29) is 18.2 Å². The minimum Gasteiger partial charge on any atom is -0.441 e. The largest absolute Gasteiger partial charge is 0.441 e. The van der Waals surface area contributed by atoms with E-state index in [4.69, 9.17) is 9.72 Å². The Morgan fingerprint density at radius 3 is 2.74 bits per heavy atom. The van der Waals surface area contributed by atoms with E-state index in [2.05, 4.69) is 10.3 Å². The molecule has 0 aliphatic rings. The number of ether oxygens (including phenoxy) is 1. The van der Waals surface area contributed by atoms with Crippen molar-refractivity contribution in [2.45, 2.75) is 42.8 Å². The third-order valence-corrected chi connectivity index (χ3v) is 5.51. The molecular weight excluding hydrogens is 418 g/mol. The van der Waals surface area contributed by atoms with Gasteiger partial charge in [-0.25, -0.2) is 9.78 Å². The van der Waals surface area contributed by atoms with Crippen LogP contribution in [0, 0.1) is 10.1 Å². The Hall–Kier alpha value is -3.40. The number of hydrogen-bond acceptors (Lipinski definition) is 7. The van der Waals surface area contributed by atoms with Crippen LogP contribution in [0.1, 0.15) is 37.0 Å². The van der Waals surface area contributed by atoms with Crippen LogP contribution >= 0.6 is 11.8 Å². The van der Waals surface area contributed by atoms with Gasteiger partial charge in [0, 0.05) is 30.3 Å². The molecule has 1 amide bonds. The number of imidazole rings is 1. The van der Waals surface area contributed by atoms with Crippen LogP contribution in [-0.2, 0) is 17.9 Å². The maximum atomic E-state index is 11.6. The summed E-state index contributed by atoms with van der Waals surface area (Å²) >= 11 is 1.39. The second-order valence-corrected chi connectivity index (χ2v) is 8.03. The van der Waals surface area contributed by atoms with Gasteiger partial charge in [-0.1, -0.05) is 37.7 Å². The van der Waals surface area contributed by atoms with Crippen LogP contribution in [0.3, 0.4) is 0 Å². The van der Waals surface area contributed by atoms with Crippen molar-refractivity contribution >= 4 is 23.5 Å². The molecule has 162 valence electrons. The number of hydrogen-bond donors (Lipinski definition) is 1. The van der Waals surface area contributed by atoms with Gasteiger partial charge in [0.25, 0.3) is 5.69 Å². The van der Waals surface area contributed by atoms with E-state index in [0.717, 1.165) is 21.3 Å². The fourth-order valence-electron chi connectivity index (χ4n) is 2.89. The van der Waals surface area contributed by atoms with Crippen molar-refractivity contribution in [1.29, 1.82) is 0 Å². The molecule has 0 bridgehead atoms. The zero-order valence-corrected chi connectivity index (χ0v) is 18.3. The van der Waals surface area contributed by atoms with E-state index >= 15 is 0 Å². The van der Waals surface area contributed by atoms with Crippen LogP contribution in [0.4, 0.5) is 10.5 Å². The molecule has 31 heavy (non-hydrogen) atoms. The molecule has 10 heteroatoms. The van der Waals surface area contributed by atoms with Gasteiger partial charge in [-0.2, -0.15) is 0 Å². The third-order valence-electron chi connectivity index (χ3n) is 4.40. The van der Waals surface area contributed by atoms with Gasteiger partial charge in [0.15, 0.2) is 6.61 Å². The summed E-state index contributed by atoms with van der Waals surface area (Å²) in [7, 11) is 1.49. The van der Waals surface area contributed by atoms with Gasteiger partial charge in [-0.3, -0.25) is 15.1 Å². The van der Waals surface area contributed by atoms with Gasteiger partial charge in [0.05, 0.1) is 22.9 Å². The number of nitro groups is 1. The number of pyridine rings is 1. The number of nitrogens with zero attached hydrogens (tertiary/aromatic N) is 4. The Balaban J connectivity index is 2.05. The van der Waals surface area contributed by atoms with E-state index < -0.39 is 11.0 Å². The van der Waals surface area contributed by atoms with Gasteiger partial charge >= 0.3 is 6.09 Å². The van der Waals surface area contributed by atoms with Gasteiger partial charge in [-0.15, -0.1) is 0 Å². The first-order chi connectivity index (χ1) is 14.9. The molecule has 1 aromatic carbocycles. The molecule has 0 aliphatic carbocycles. The Labute approximate surface area is 184 Å². The lowest BCUT2D eigenvalue weighted by Crippen LogP contribution is -2.20. The minimum atomic E-state index is -0.550. The van der Waals surface area contributed by atoms with Crippen molar-refractivity contribution in [1.82, 2.24) is 19.9 Å². The number of carbonyl (C=O) groups excluding carboxylic acids is 1. The normalized spacial score (nSPS) is 10.8. The highest BCUT2D eigenvalue weighted by Crippen LogP contribution is 2.36. The van der Waals surface area contributed by atoms with Crippen molar-refractivity contribution in [2.24, 2.45) is 0 Å². The molecule has 0 fully saturated rings. The topological polar surface area (TPSA) is 112 Å². The first-order valence-corrected chi connectivity index (χ1v) is 10.5. The quantitative estimate of drug-likeness (QED) is 0.408. The summed E-state index contributed by atoms with van der Waals surface area (Å²) < 4.78 is 7.20. The van der Waals surface area contributed by atoms with E-state index in [0.29, 0.717) is 12.4 Å². The third kappa shape index (κ3) is 5.60. The molecule has 0 unspecified atom stereocenters. The van der Waals surface area contributed by atoms with Crippen LogP contribution < -0.4 is 5.32 Å². The minimum absolute atomic E-state index is 0.0122. The number of benzene rings is 1. The summed E-state index contributed by atoms with van der Waals surface area (Å²) in [6, 6.07) is 12.1. The molecule has 0 spiro atoms. The Kier molecular flexibility index (Phi) is 7.24. The van der Waals surface area contributed by atoms with E-state index in [1.54, 1.807) is 12.3 Å². The van der Waals surface area contributed by atoms with Crippen molar-refractivity contribution in [3.8, 4) is 0 Å². The van der Waals surface area contributed by atoms with Crippen LogP contribution in [0.25, 0.3) is 0 Å². The van der Waals surface area contributed by atoms with Gasteiger partial charge in [0.2, 0.25) is 0 Å². The molecule has 1 N–H and O–H groups in total.